The van der Waals surface area contributed by atoms with Crippen LogP contribution in [0.15, 0.2) is 5.51 Å². The molecule has 0 amide bonds. The molecular formula is C13H21BrN2OS. The van der Waals surface area contributed by atoms with E-state index in [0.29, 0.717) is 5.41 Å². The van der Waals surface area contributed by atoms with Crippen LogP contribution < -0.4 is 0 Å². The van der Waals surface area contributed by atoms with E-state index in [9.17, 15) is 0 Å². The molecule has 1 aromatic heterocycles. The second-order valence-electron chi connectivity index (χ2n) is 5.28. The van der Waals surface area contributed by atoms with Gasteiger partial charge in [-0.25, -0.2) is 4.98 Å². The van der Waals surface area contributed by atoms with E-state index >= 15 is 0 Å². The number of hydrogen-bond acceptors (Lipinski definition) is 4. The van der Waals surface area contributed by atoms with E-state index in [-0.39, 0.29) is 0 Å². The highest BCUT2D eigenvalue weighted by Gasteiger charge is 2.32. The third kappa shape index (κ3) is 3.53. The van der Waals surface area contributed by atoms with Crippen molar-refractivity contribution in [3.63, 3.8) is 0 Å². The van der Waals surface area contributed by atoms with Gasteiger partial charge in [0.15, 0.2) is 0 Å². The molecular weight excluding hydrogens is 312 g/mol. The number of thiazole rings is 1. The first-order valence-corrected chi connectivity index (χ1v) is 8.36. The predicted molar refractivity (Wildman–Crippen MR) is 79.5 cm³/mol. The molecule has 0 spiro atoms. The average Bonchev–Trinajstić information content (AvgIpc) is 2.76. The number of aromatic nitrogens is 1. The van der Waals surface area contributed by atoms with Crippen LogP contribution in [0.4, 0.5) is 0 Å². The van der Waals surface area contributed by atoms with Crippen LogP contribution in [0.1, 0.15) is 23.4 Å². The molecule has 18 heavy (non-hydrogen) atoms. The highest BCUT2D eigenvalue weighted by Crippen LogP contribution is 2.33. The summed E-state index contributed by atoms with van der Waals surface area (Å²) in [6, 6.07) is 0. The van der Waals surface area contributed by atoms with Crippen LogP contribution in [0, 0.1) is 12.3 Å². The second-order valence-corrected chi connectivity index (χ2v) is 6.78. The molecule has 1 aliphatic rings. The van der Waals surface area contributed by atoms with Crippen LogP contribution in [0.25, 0.3) is 0 Å². The number of rotatable bonds is 5. The molecule has 0 unspecified atom stereocenters. The van der Waals surface area contributed by atoms with Crippen molar-refractivity contribution in [2.75, 3.05) is 32.1 Å². The van der Waals surface area contributed by atoms with Gasteiger partial charge in [0, 0.05) is 36.5 Å². The van der Waals surface area contributed by atoms with E-state index in [1.165, 1.54) is 10.6 Å². The van der Waals surface area contributed by atoms with Crippen LogP contribution in [-0.4, -0.2) is 42.0 Å². The lowest BCUT2D eigenvalue weighted by molar-refractivity contribution is 0.0111. The quantitative estimate of drug-likeness (QED) is 0.775. The van der Waals surface area contributed by atoms with Crippen LogP contribution in [0.3, 0.4) is 0 Å². The van der Waals surface area contributed by atoms with Crippen molar-refractivity contribution in [3.8, 4) is 0 Å². The zero-order valence-electron chi connectivity index (χ0n) is 11.1. The Hall–Kier alpha value is 0.0300. The Morgan fingerprint density at radius 3 is 2.78 bits per heavy atom. The maximum absolute atomic E-state index is 5.49. The lowest BCUT2D eigenvalue weighted by atomic mass is 9.82. The first-order chi connectivity index (χ1) is 8.65. The Labute approximate surface area is 122 Å². The molecule has 0 aliphatic carbocycles. The molecule has 0 N–H and O–H groups in total. The zero-order valence-corrected chi connectivity index (χ0v) is 13.5. The smallest absolute Gasteiger partial charge is 0.0798 e. The summed E-state index contributed by atoms with van der Waals surface area (Å²) >= 11 is 5.45. The molecule has 0 bridgehead atoms. The van der Waals surface area contributed by atoms with Crippen molar-refractivity contribution in [3.05, 3.63) is 16.1 Å². The second kappa shape index (κ2) is 6.46. The fourth-order valence-electron chi connectivity index (χ4n) is 2.49. The van der Waals surface area contributed by atoms with E-state index in [1.54, 1.807) is 11.3 Å². The summed E-state index contributed by atoms with van der Waals surface area (Å²) in [6.45, 7) is 6.03. The third-order valence-corrected chi connectivity index (χ3v) is 5.81. The number of aryl methyl sites for hydroxylation is 1. The van der Waals surface area contributed by atoms with Gasteiger partial charge in [-0.1, -0.05) is 15.9 Å². The lowest BCUT2D eigenvalue weighted by Gasteiger charge is -2.38. The van der Waals surface area contributed by atoms with Gasteiger partial charge >= 0.3 is 0 Å². The van der Waals surface area contributed by atoms with Crippen LogP contribution in [-0.2, 0) is 11.3 Å². The molecule has 1 aliphatic heterocycles. The molecule has 2 rings (SSSR count). The zero-order chi connectivity index (χ0) is 13.0. The molecule has 0 aromatic carbocycles. The van der Waals surface area contributed by atoms with E-state index in [4.69, 9.17) is 4.74 Å². The summed E-state index contributed by atoms with van der Waals surface area (Å²) in [4.78, 5) is 8.12. The topological polar surface area (TPSA) is 25.4 Å². The molecule has 1 aromatic rings. The van der Waals surface area contributed by atoms with Gasteiger partial charge in [-0.2, -0.15) is 0 Å². The highest BCUT2D eigenvalue weighted by molar-refractivity contribution is 9.09. The number of alkyl halides is 1. The average molecular weight is 333 g/mol. The van der Waals surface area contributed by atoms with Gasteiger partial charge in [-0.05, 0) is 32.2 Å². The van der Waals surface area contributed by atoms with Crippen molar-refractivity contribution >= 4 is 27.3 Å². The van der Waals surface area contributed by atoms with Crippen LogP contribution in [0.2, 0.25) is 0 Å². The van der Waals surface area contributed by atoms with Gasteiger partial charge in [-0.15, -0.1) is 11.3 Å². The first-order valence-electron chi connectivity index (χ1n) is 6.36. The number of halogens is 1. The molecule has 0 atom stereocenters. The SMILES string of the molecule is Cc1ncsc1CN(C)CC1(CBr)CCOCC1. The summed E-state index contributed by atoms with van der Waals surface area (Å²) in [5.41, 5.74) is 3.49. The minimum absolute atomic E-state index is 0.381. The van der Waals surface area contributed by atoms with E-state index < -0.39 is 0 Å². The van der Waals surface area contributed by atoms with Crippen molar-refractivity contribution in [1.29, 1.82) is 0 Å². The minimum Gasteiger partial charge on any atom is -0.381 e. The van der Waals surface area contributed by atoms with Crippen molar-refractivity contribution in [1.82, 2.24) is 9.88 Å². The summed E-state index contributed by atoms with van der Waals surface area (Å²) in [5.74, 6) is 0. The Balaban J connectivity index is 1.93. The van der Waals surface area contributed by atoms with Gasteiger partial charge < -0.3 is 9.64 Å². The highest BCUT2D eigenvalue weighted by atomic mass is 79.9. The molecule has 2 heterocycles. The molecule has 5 heteroatoms. The fourth-order valence-corrected chi connectivity index (χ4v) is 4.08. The van der Waals surface area contributed by atoms with Gasteiger partial charge in [0.25, 0.3) is 0 Å². The van der Waals surface area contributed by atoms with Crippen molar-refractivity contribution < 1.29 is 4.74 Å². The lowest BCUT2D eigenvalue weighted by Crippen LogP contribution is -2.41. The molecule has 0 saturated carbocycles. The standard InChI is InChI=1S/C13H21BrN2OS/c1-11-12(18-10-15-11)7-16(2)9-13(8-14)3-5-17-6-4-13/h10H,3-9H2,1-2H3. The molecule has 1 saturated heterocycles. The number of ether oxygens (including phenoxy) is 1. The summed E-state index contributed by atoms with van der Waals surface area (Å²) in [7, 11) is 2.21. The van der Waals surface area contributed by atoms with Crippen LogP contribution in [0.5, 0.6) is 0 Å². The maximum atomic E-state index is 5.49. The van der Waals surface area contributed by atoms with Gasteiger partial charge in [0.05, 0.1) is 11.2 Å². The number of hydrogen-bond donors (Lipinski definition) is 0. The molecule has 0 radical (unpaired) electrons. The minimum atomic E-state index is 0.381. The largest absolute Gasteiger partial charge is 0.381 e. The van der Waals surface area contributed by atoms with E-state index in [2.05, 4.69) is 39.8 Å². The maximum Gasteiger partial charge on any atom is 0.0798 e. The third-order valence-electron chi connectivity index (χ3n) is 3.70. The fraction of sp³-hybridized carbons (Fsp3) is 0.769. The Kier molecular flexibility index (Phi) is 5.18. The summed E-state index contributed by atoms with van der Waals surface area (Å²) < 4.78 is 5.49. The summed E-state index contributed by atoms with van der Waals surface area (Å²) in [6.07, 6.45) is 2.31. The summed E-state index contributed by atoms with van der Waals surface area (Å²) in [5, 5.41) is 1.06. The number of nitrogens with zero attached hydrogens (tertiary/aromatic N) is 2. The molecule has 1 fully saturated rings. The van der Waals surface area contributed by atoms with Gasteiger partial charge in [0.2, 0.25) is 0 Å². The Morgan fingerprint density at radius 1 is 1.50 bits per heavy atom. The van der Waals surface area contributed by atoms with Crippen molar-refractivity contribution in [2.24, 2.45) is 5.41 Å². The Bertz CT molecular complexity index is 377. The van der Waals surface area contributed by atoms with Crippen molar-refractivity contribution in [2.45, 2.75) is 26.3 Å². The molecule has 102 valence electrons. The van der Waals surface area contributed by atoms with Gasteiger partial charge in [-0.3, -0.25) is 0 Å². The predicted octanol–water partition coefficient (Wildman–Crippen LogP) is 3.08. The molecule has 3 nitrogen and oxygen atoms in total. The Morgan fingerprint density at radius 2 is 2.22 bits per heavy atom. The van der Waals surface area contributed by atoms with Gasteiger partial charge in [0.1, 0.15) is 0 Å². The normalized spacial score (nSPS) is 19.3. The van der Waals surface area contributed by atoms with Crippen LogP contribution >= 0.6 is 27.3 Å². The van der Waals surface area contributed by atoms with E-state index in [0.717, 1.165) is 44.5 Å². The van der Waals surface area contributed by atoms with E-state index in [1.807, 2.05) is 5.51 Å². The monoisotopic (exact) mass is 332 g/mol. The first kappa shape index (κ1) is 14.4.